The summed E-state index contributed by atoms with van der Waals surface area (Å²) in [4.78, 5) is 0. The highest BCUT2D eigenvalue weighted by Crippen LogP contribution is 2.24. The van der Waals surface area contributed by atoms with Crippen molar-refractivity contribution in [2.24, 2.45) is 0 Å². The first kappa shape index (κ1) is 17.2. The van der Waals surface area contributed by atoms with Crippen molar-refractivity contribution < 1.29 is 14.5 Å². The highest BCUT2D eigenvalue weighted by atomic mass is 16.5. The molecule has 114 valence electrons. The Labute approximate surface area is 122 Å². The second kappa shape index (κ2) is 7.25. The predicted octanol–water partition coefficient (Wildman–Crippen LogP) is 1.51. The molecule has 0 aromatic rings. The molecule has 0 aromatic carbocycles. The molecule has 1 aliphatic heterocycles. The Morgan fingerprint density at radius 1 is 1.40 bits per heavy atom. The molecule has 0 saturated carbocycles. The van der Waals surface area contributed by atoms with Gasteiger partial charge in [-0.3, -0.25) is 0 Å². The van der Waals surface area contributed by atoms with Crippen molar-refractivity contribution in [2.75, 3.05) is 6.61 Å². The van der Waals surface area contributed by atoms with Gasteiger partial charge >= 0.3 is 7.48 Å². The van der Waals surface area contributed by atoms with Gasteiger partial charge in [-0.25, -0.2) is 0 Å². The lowest BCUT2D eigenvalue weighted by Gasteiger charge is -2.38. The van der Waals surface area contributed by atoms with E-state index in [4.69, 9.17) is 14.8 Å². The Kier molecular flexibility index (Phi) is 6.23. The summed E-state index contributed by atoms with van der Waals surface area (Å²) >= 11 is 0. The zero-order valence-electron chi connectivity index (χ0n) is 13.0. The molecule has 0 radical (unpaired) electrons. The van der Waals surface area contributed by atoms with Crippen molar-refractivity contribution in [3.8, 4) is 0 Å². The van der Waals surface area contributed by atoms with Crippen molar-refractivity contribution >= 4 is 13.7 Å². The van der Waals surface area contributed by atoms with Crippen molar-refractivity contribution in [3.63, 3.8) is 0 Å². The van der Waals surface area contributed by atoms with Crippen LogP contribution < -0.4 is 5.32 Å². The molecule has 0 bridgehead atoms. The Bertz CT molecular complexity index is 345. The second-order valence-electron chi connectivity index (χ2n) is 6.22. The van der Waals surface area contributed by atoms with Crippen LogP contribution in [-0.4, -0.2) is 42.8 Å². The van der Waals surface area contributed by atoms with Gasteiger partial charge in [0, 0.05) is 18.4 Å². The third-order valence-corrected chi connectivity index (χ3v) is 3.87. The van der Waals surface area contributed by atoms with Gasteiger partial charge in [0.1, 0.15) is 6.23 Å². The van der Waals surface area contributed by atoms with E-state index in [9.17, 15) is 5.11 Å². The van der Waals surface area contributed by atoms with Crippen LogP contribution in [0, 0.1) is 5.41 Å². The summed E-state index contributed by atoms with van der Waals surface area (Å²) in [6.07, 6.45) is 6.09. The predicted molar refractivity (Wildman–Crippen MR) is 82.2 cm³/mol. The van der Waals surface area contributed by atoms with Crippen molar-refractivity contribution in [3.05, 3.63) is 11.7 Å². The van der Waals surface area contributed by atoms with Gasteiger partial charge in [0.15, 0.2) is 0 Å². The number of ether oxygens (including phenoxy) is 1. The SMILES string of the molecule is CC(C)(O)C(C)(C)OB/C(=C/C=N)NC1CCCCO1. The first-order valence-electron chi connectivity index (χ1n) is 7.20. The fourth-order valence-corrected chi connectivity index (χ4v) is 1.73. The monoisotopic (exact) mass is 282 g/mol. The Hall–Kier alpha value is -0.845. The van der Waals surface area contributed by atoms with E-state index in [1.54, 1.807) is 19.9 Å². The van der Waals surface area contributed by atoms with Crippen molar-refractivity contribution in [1.29, 1.82) is 5.41 Å². The molecule has 1 fully saturated rings. The minimum atomic E-state index is -0.940. The second-order valence-corrected chi connectivity index (χ2v) is 6.22. The number of hydrogen-bond donors (Lipinski definition) is 3. The zero-order valence-corrected chi connectivity index (χ0v) is 13.0. The molecular weight excluding hydrogens is 255 g/mol. The molecule has 0 aromatic heterocycles. The summed E-state index contributed by atoms with van der Waals surface area (Å²) in [5, 5.41) is 20.6. The molecule has 0 spiro atoms. The standard InChI is InChI=1S/C14H27BN2O3/c1-13(2,18)14(3,4)20-15-11(8-9-16)17-12-7-5-6-10-19-12/h8-9,12,15-18H,5-7,10H2,1-4H3/b11-8-,16-9?. The molecule has 0 amide bonds. The minimum Gasteiger partial charge on any atom is -0.425 e. The van der Waals surface area contributed by atoms with Crippen LogP contribution in [0.4, 0.5) is 0 Å². The van der Waals surface area contributed by atoms with Crippen molar-refractivity contribution in [1.82, 2.24) is 5.32 Å². The summed E-state index contributed by atoms with van der Waals surface area (Å²) in [6, 6.07) is 0. The van der Waals surface area contributed by atoms with Gasteiger partial charge < -0.3 is 25.2 Å². The van der Waals surface area contributed by atoms with E-state index in [2.05, 4.69) is 5.32 Å². The summed E-state index contributed by atoms with van der Waals surface area (Å²) in [7, 11) is 0.312. The van der Waals surface area contributed by atoms with E-state index in [0.29, 0.717) is 7.48 Å². The van der Waals surface area contributed by atoms with Crippen LogP contribution in [0.15, 0.2) is 11.7 Å². The van der Waals surface area contributed by atoms with E-state index in [0.717, 1.165) is 31.5 Å². The molecule has 3 N–H and O–H groups in total. The number of aliphatic hydroxyl groups is 1. The molecule has 1 saturated heterocycles. The highest BCUT2D eigenvalue weighted by Gasteiger charge is 2.36. The Balaban J connectivity index is 2.55. The smallest absolute Gasteiger partial charge is 0.325 e. The fourth-order valence-electron chi connectivity index (χ4n) is 1.73. The Morgan fingerprint density at radius 2 is 2.10 bits per heavy atom. The van der Waals surface area contributed by atoms with Crippen LogP contribution in [0.2, 0.25) is 0 Å². The first-order valence-corrected chi connectivity index (χ1v) is 7.20. The van der Waals surface area contributed by atoms with Crippen LogP contribution in [0.25, 0.3) is 0 Å². The quantitative estimate of drug-likeness (QED) is 0.489. The molecule has 0 aliphatic carbocycles. The lowest BCUT2D eigenvalue weighted by molar-refractivity contribution is -0.0900. The van der Waals surface area contributed by atoms with Crippen LogP contribution in [0.3, 0.4) is 0 Å². The van der Waals surface area contributed by atoms with Gasteiger partial charge in [-0.1, -0.05) is 0 Å². The highest BCUT2D eigenvalue weighted by molar-refractivity contribution is 6.38. The first-order chi connectivity index (χ1) is 9.26. The molecule has 6 heteroatoms. The van der Waals surface area contributed by atoms with E-state index < -0.39 is 11.2 Å². The van der Waals surface area contributed by atoms with E-state index in [1.165, 1.54) is 6.21 Å². The number of rotatable bonds is 7. The van der Waals surface area contributed by atoms with Gasteiger partial charge in [0.2, 0.25) is 0 Å². The van der Waals surface area contributed by atoms with Crippen LogP contribution in [-0.2, 0) is 9.39 Å². The normalized spacial score (nSPS) is 21.4. The maximum atomic E-state index is 10.1. The van der Waals surface area contributed by atoms with Gasteiger partial charge in [0.25, 0.3) is 0 Å². The minimum absolute atomic E-state index is 0.0104. The Morgan fingerprint density at radius 3 is 2.60 bits per heavy atom. The lowest BCUT2D eigenvalue weighted by atomic mass is 9.85. The van der Waals surface area contributed by atoms with Gasteiger partial charge in [-0.15, -0.1) is 0 Å². The zero-order chi connectivity index (χ0) is 15.2. The number of allylic oxidation sites excluding steroid dienone is 1. The van der Waals surface area contributed by atoms with Gasteiger partial charge in [-0.2, -0.15) is 0 Å². The largest absolute Gasteiger partial charge is 0.425 e. The summed E-state index contributed by atoms with van der Waals surface area (Å²) in [5.41, 5.74) is -0.822. The molecular formula is C14H27BN2O3. The lowest BCUT2D eigenvalue weighted by Crippen LogP contribution is -2.49. The van der Waals surface area contributed by atoms with Gasteiger partial charge in [-0.05, 0) is 53.0 Å². The fraction of sp³-hybridized carbons (Fsp3) is 0.786. The topological polar surface area (TPSA) is 74.6 Å². The van der Waals surface area contributed by atoms with Crippen LogP contribution >= 0.6 is 0 Å². The molecule has 1 aliphatic rings. The van der Waals surface area contributed by atoms with Crippen molar-refractivity contribution in [2.45, 2.75) is 64.4 Å². The maximum Gasteiger partial charge on any atom is 0.325 e. The average molecular weight is 282 g/mol. The molecule has 20 heavy (non-hydrogen) atoms. The third-order valence-electron chi connectivity index (χ3n) is 3.87. The number of nitrogens with one attached hydrogen (secondary N) is 2. The van der Waals surface area contributed by atoms with E-state index >= 15 is 0 Å². The molecule has 5 nitrogen and oxygen atoms in total. The average Bonchev–Trinajstić information content (AvgIpc) is 2.36. The van der Waals surface area contributed by atoms with E-state index in [-0.39, 0.29) is 6.23 Å². The molecule has 1 unspecified atom stereocenters. The van der Waals surface area contributed by atoms with Gasteiger partial charge in [0.05, 0.1) is 11.2 Å². The number of hydrogen-bond acceptors (Lipinski definition) is 5. The molecule has 1 atom stereocenters. The maximum absolute atomic E-state index is 10.1. The van der Waals surface area contributed by atoms with Crippen LogP contribution in [0.1, 0.15) is 47.0 Å². The third kappa shape index (κ3) is 5.27. The van der Waals surface area contributed by atoms with Crippen LogP contribution in [0.5, 0.6) is 0 Å². The summed E-state index contributed by atoms with van der Waals surface area (Å²) in [6.45, 7) is 7.93. The molecule has 1 rings (SSSR count). The summed E-state index contributed by atoms with van der Waals surface area (Å²) in [5.74, 6) is 0. The van der Waals surface area contributed by atoms with E-state index in [1.807, 2.05) is 13.8 Å². The molecule has 1 heterocycles. The summed E-state index contributed by atoms with van der Waals surface area (Å²) < 4.78 is 11.4.